The van der Waals surface area contributed by atoms with E-state index >= 15 is 0 Å². The van der Waals surface area contributed by atoms with Crippen LogP contribution in [0.4, 0.5) is 0 Å². The first-order valence-corrected chi connectivity index (χ1v) is 5.80. The molecule has 0 amide bonds. The maximum Gasteiger partial charge on any atom is 0.180 e. The summed E-state index contributed by atoms with van der Waals surface area (Å²) in [5.41, 5.74) is 1.31. The molecule has 0 radical (unpaired) electrons. The van der Waals surface area contributed by atoms with Gasteiger partial charge in [-0.15, -0.1) is 5.10 Å². The van der Waals surface area contributed by atoms with E-state index < -0.39 is 0 Å². The molecule has 0 aromatic carbocycles. The third-order valence-electron chi connectivity index (χ3n) is 2.98. The normalized spacial score (nSPS) is 20.6. The molecule has 3 rings (SSSR count). The average Bonchev–Trinajstić information content (AvgIpc) is 2.82. The van der Waals surface area contributed by atoms with Crippen LogP contribution in [0.1, 0.15) is 41.5 Å². The number of carbonyl (C=O) groups is 1. The van der Waals surface area contributed by atoms with Gasteiger partial charge >= 0.3 is 0 Å². The molecule has 3 heterocycles. The van der Waals surface area contributed by atoms with Crippen molar-refractivity contribution in [2.24, 2.45) is 0 Å². The predicted octanol–water partition coefficient (Wildman–Crippen LogP) is 1.78. The van der Waals surface area contributed by atoms with Gasteiger partial charge in [0.25, 0.3) is 0 Å². The summed E-state index contributed by atoms with van der Waals surface area (Å²) in [4.78, 5) is 15.1. The Hall–Kier alpha value is -1.75. The highest BCUT2D eigenvalue weighted by Gasteiger charge is 2.20. The number of pyridine rings is 1. The van der Waals surface area contributed by atoms with Crippen molar-refractivity contribution in [3.8, 4) is 0 Å². The smallest absolute Gasteiger partial charge is 0.180 e. The Morgan fingerprint density at radius 2 is 2.41 bits per heavy atom. The number of rotatable bonds is 2. The van der Waals surface area contributed by atoms with Crippen molar-refractivity contribution >= 4 is 11.9 Å². The van der Waals surface area contributed by atoms with Gasteiger partial charge in [-0.2, -0.15) is 0 Å². The number of aldehydes is 1. The van der Waals surface area contributed by atoms with E-state index in [0.29, 0.717) is 17.0 Å². The molecule has 1 atom stereocenters. The number of aromatic nitrogens is 3. The summed E-state index contributed by atoms with van der Waals surface area (Å²) < 4.78 is 7.32. The fourth-order valence-electron chi connectivity index (χ4n) is 2.07. The number of ether oxygens (including phenoxy) is 1. The van der Waals surface area contributed by atoms with Crippen molar-refractivity contribution in [2.75, 3.05) is 6.61 Å². The number of hydrogen-bond donors (Lipinski definition) is 0. The lowest BCUT2D eigenvalue weighted by Gasteiger charge is -2.19. The minimum Gasteiger partial charge on any atom is -0.370 e. The molecule has 1 aliphatic rings. The lowest BCUT2D eigenvalue weighted by atomic mass is 10.1. The monoisotopic (exact) mass is 231 g/mol. The number of nitrogens with zero attached hydrogens (tertiary/aromatic N) is 3. The van der Waals surface area contributed by atoms with Crippen LogP contribution in [0.5, 0.6) is 0 Å². The molecule has 0 saturated carbocycles. The lowest BCUT2D eigenvalue weighted by molar-refractivity contribution is 0.00961. The Bertz CT molecular complexity index is 544. The summed E-state index contributed by atoms with van der Waals surface area (Å²) >= 11 is 0. The van der Waals surface area contributed by atoms with Crippen molar-refractivity contribution in [1.29, 1.82) is 0 Å². The van der Waals surface area contributed by atoms with Crippen LogP contribution in [0.2, 0.25) is 0 Å². The summed E-state index contributed by atoms with van der Waals surface area (Å²) in [7, 11) is 0. The lowest BCUT2D eigenvalue weighted by Crippen LogP contribution is -2.12. The van der Waals surface area contributed by atoms with Gasteiger partial charge in [-0.3, -0.25) is 4.79 Å². The zero-order chi connectivity index (χ0) is 11.7. The highest BCUT2D eigenvalue weighted by molar-refractivity contribution is 5.76. The van der Waals surface area contributed by atoms with Crippen LogP contribution in [0.3, 0.4) is 0 Å². The molecule has 0 aliphatic carbocycles. The van der Waals surface area contributed by atoms with Gasteiger partial charge in [0.05, 0.1) is 0 Å². The van der Waals surface area contributed by atoms with E-state index in [-0.39, 0.29) is 6.10 Å². The fourth-order valence-corrected chi connectivity index (χ4v) is 2.07. The summed E-state index contributed by atoms with van der Waals surface area (Å²) in [6.07, 6.45) is 5.79. The van der Waals surface area contributed by atoms with Gasteiger partial charge in [-0.05, 0) is 31.4 Å². The minimum absolute atomic E-state index is 0.00308. The molecule has 1 saturated heterocycles. The van der Waals surface area contributed by atoms with Gasteiger partial charge in [0.1, 0.15) is 12.4 Å². The number of carbonyl (C=O) groups excluding carboxylic acids is 1. The number of hydrogen-bond acceptors (Lipinski definition) is 4. The summed E-state index contributed by atoms with van der Waals surface area (Å²) in [6, 6.07) is 3.45. The Morgan fingerprint density at radius 1 is 1.47 bits per heavy atom. The molecule has 17 heavy (non-hydrogen) atoms. The summed E-state index contributed by atoms with van der Waals surface area (Å²) in [6.45, 7) is 0.778. The summed E-state index contributed by atoms with van der Waals surface area (Å²) in [5.74, 6) is 0.716. The standard InChI is InChI=1S/C12H13N3O2/c16-8-9-4-5-15-11(7-9)13-12(14-15)10-3-1-2-6-17-10/h4-5,7-8,10H,1-3,6H2. The third kappa shape index (κ3) is 1.93. The van der Waals surface area contributed by atoms with Gasteiger partial charge in [0.2, 0.25) is 0 Å². The Morgan fingerprint density at radius 3 is 3.18 bits per heavy atom. The van der Waals surface area contributed by atoms with E-state index in [1.165, 1.54) is 0 Å². The van der Waals surface area contributed by atoms with Gasteiger partial charge < -0.3 is 4.74 Å². The molecular formula is C12H13N3O2. The van der Waals surface area contributed by atoms with Gasteiger partial charge in [-0.25, -0.2) is 9.50 Å². The molecule has 0 N–H and O–H groups in total. The SMILES string of the molecule is O=Cc1ccn2nc(C3CCCCO3)nc2c1. The van der Waals surface area contributed by atoms with Gasteiger partial charge in [0.15, 0.2) is 11.5 Å². The van der Waals surface area contributed by atoms with E-state index in [4.69, 9.17) is 4.74 Å². The first-order valence-electron chi connectivity index (χ1n) is 5.80. The zero-order valence-electron chi connectivity index (χ0n) is 9.37. The Balaban J connectivity index is 1.97. The third-order valence-corrected chi connectivity index (χ3v) is 2.98. The van der Waals surface area contributed by atoms with Crippen LogP contribution in [0.25, 0.3) is 5.65 Å². The minimum atomic E-state index is 0.00308. The average molecular weight is 231 g/mol. The van der Waals surface area contributed by atoms with Crippen LogP contribution in [-0.4, -0.2) is 27.5 Å². The second kappa shape index (κ2) is 4.25. The van der Waals surface area contributed by atoms with Crippen molar-refractivity contribution in [3.05, 3.63) is 29.7 Å². The number of fused-ring (bicyclic) bond motifs is 1. The quantitative estimate of drug-likeness (QED) is 0.739. The molecule has 5 heteroatoms. The van der Waals surface area contributed by atoms with Crippen LogP contribution >= 0.6 is 0 Å². The second-order valence-electron chi connectivity index (χ2n) is 4.21. The maximum atomic E-state index is 10.7. The first-order chi connectivity index (χ1) is 8.36. The van der Waals surface area contributed by atoms with Crippen molar-refractivity contribution in [1.82, 2.24) is 14.6 Å². The molecule has 2 aromatic heterocycles. The maximum absolute atomic E-state index is 10.7. The summed E-state index contributed by atoms with van der Waals surface area (Å²) in [5, 5.41) is 4.38. The molecule has 5 nitrogen and oxygen atoms in total. The fraction of sp³-hybridized carbons (Fsp3) is 0.417. The van der Waals surface area contributed by atoms with Crippen LogP contribution in [-0.2, 0) is 4.74 Å². The second-order valence-corrected chi connectivity index (χ2v) is 4.21. The van der Waals surface area contributed by atoms with Crippen LogP contribution < -0.4 is 0 Å². The van der Waals surface area contributed by atoms with Gasteiger partial charge in [-0.1, -0.05) is 0 Å². The van der Waals surface area contributed by atoms with Crippen LogP contribution in [0.15, 0.2) is 18.3 Å². The topological polar surface area (TPSA) is 56.5 Å². The largest absolute Gasteiger partial charge is 0.370 e. The molecular weight excluding hydrogens is 218 g/mol. The highest BCUT2D eigenvalue weighted by Crippen LogP contribution is 2.25. The van der Waals surface area contributed by atoms with Crippen molar-refractivity contribution in [2.45, 2.75) is 25.4 Å². The van der Waals surface area contributed by atoms with E-state index in [1.807, 2.05) is 0 Å². The predicted molar refractivity (Wildman–Crippen MR) is 60.9 cm³/mol. The van der Waals surface area contributed by atoms with E-state index in [1.54, 1.807) is 22.8 Å². The van der Waals surface area contributed by atoms with E-state index in [0.717, 1.165) is 32.2 Å². The molecule has 0 spiro atoms. The van der Waals surface area contributed by atoms with Crippen molar-refractivity contribution < 1.29 is 9.53 Å². The molecule has 88 valence electrons. The molecule has 1 aliphatic heterocycles. The van der Waals surface area contributed by atoms with Crippen molar-refractivity contribution in [3.63, 3.8) is 0 Å². The zero-order valence-corrected chi connectivity index (χ0v) is 9.37. The Labute approximate surface area is 98.4 Å². The Kier molecular flexibility index (Phi) is 2.60. The molecule has 2 aromatic rings. The van der Waals surface area contributed by atoms with Crippen LogP contribution in [0, 0.1) is 0 Å². The molecule has 1 fully saturated rings. The van der Waals surface area contributed by atoms with E-state index in [2.05, 4.69) is 10.1 Å². The molecule has 0 bridgehead atoms. The van der Waals surface area contributed by atoms with Gasteiger partial charge in [0, 0.05) is 18.4 Å². The van der Waals surface area contributed by atoms with E-state index in [9.17, 15) is 4.79 Å². The highest BCUT2D eigenvalue weighted by atomic mass is 16.5. The first kappa shape index (κ1) is 10.4. The molecule has 1 unspecified atom stereocenters.